The molecule has 0 fully saturated rings. The SMILES string of the molecule is CC(C)c1cc(F)c(Oc2cccc[n+]2C)c(C=O)c1. The van der Waals surface area contributed by atoms with Gasteiger partial charge in [0.05, 0.1) is 11.6 Å². The van der Waals surface area contributed by atoms with Gasteiger partial charge in [-0.05, 0) is 29.7 Å². The standard InChI is InChI=1S/C16H17FNO2/c1-11(2)12-8-13(10-19)16(14(17)9-12)20-15-6-4-5-7-18(15)3/h4-11H,1-3H3/q+1. The molecule has 1 aromatic carbocycles. The molecule has 4 heteroatoms. The Morgan fingerprint density at radius 3 is 2.65 bits per heavy atom. The second-order valence-corrected chi connectivity index (χ2v) is 4.95. The largest absolute Gasteiger partial charge is 0.401 e. The number of ether oxygens (including phenoxy) is 1. The molecule has 0 N–H and O–H groups in total. The van der Waals surface area contributed by atoms with Crippen molar-refractivity contribution >= 4 is 6.29 Å². The quantitative estimate of drug-likeness (QED) is 0.632. The first kappa shape index (κ1) is 14.2. The minimum absolute atomic E-state index is 0.0359. The van der Waals surface area contributed by atoms with Gasteiger partial charge in [-0.3, -0.25) is 4.79 Å². The van der Waals surface area contributed by atoms with Crippen molar-refractivity contribution in [2.45, 2.75) is 19.8 Å². The van der Waals surface area contributed by atoms with E-state index in [2.05, 4.69) is 0 Å². The molecule has 0 atom stereocenters. The van der Waals surface area contributed by atoms with Crippen LogP contribution in [0.1, 0.15) is 35.7 Å². The molecule has 104 valence electrons. The maximum Gasteiger partial charge on any atom is 0.373 e. The number of carbonyl (C=O) groups is 1. The molecule has 0 amide bonds. The number of pyridine rings is 1. The van der Waals surface area contributed by atoms with Gasteiger partial charge in [0.25, 0.3) is 0 Å². The highest BCUT2D eigenvalue weighted by Gasteiger charge is 2.17. The van der Waals surface area contributed by atoms with E-state index < -0.39 is 5.82 Å². The number of hydrogen-bond donors (Lipinski definition) is 0. The van der Waals surface area contributed by atoms with E-state index in [0.717, 1.165) is 5.56 Å². The number of halogens is 1. The second kappa shape index (κ2) is 5.82. The number of aryl methyl sites for hydroxylation is 1. The van der Waals surface area contributed by atoms with Gasteiger partial charge < -0.3 is 4.74 Å². The van der Waals surface area contributed by atoms with E-state index in [-0.39, 0.29) is 17.2 Å². The molecule has 0 bridgehead atoms. The van der Waals surface area contributed by atoms with Gasteiger partial charge in [0.15, 0.2) is 24.0 Å². The zero-order chi connectivity index (χ0) is 14.7. The first-order chi connectivity index (χ1) is 9.52. The first-order valence-electron chi connectivity index (χ1n) is 6.44. The van der Waals surface area contributed by atoms with Crippen LogP contribution in [0.25, 0.3) is 0 Å². The molecule has 0 unspecified atom stereocenters. The Kier molecular flexibility index (Phi) is 4.13. The average Bonchev–Trinajstić information content (AvgIpc) is 2.42. The topological polar surface area (TPSA) is 30.2 Å². The van der Waals surface area contributed by atoms with Crippen LogP contribution in [0.3, 0.4) is 0 Å². The molecule has 1 aromatic heterocycles. The summed E-state index contributed by atoms with van der Waals surface area (Å²) in [6, 6.07) is 8.42. The molecule has 1 heterocycles. The molecule has 20 heavy (non-hydrogen) atoms. The Bertz CT molecular complexity index is 638. The van der Waals surface area contributed by atoms with E-state index >= 15 is 0 Å². The zero-order valence-electron chi connectivity index (χ0n) is 11.8. The van der Waals surface area contributed by atoms with E-state index in [1.54, 1.807) is 36.0 Å². The second-order valence-electron chi connectivity index (χ2n) is 4.95. The highest BCUT2D eigenvalue weighted by Crippen LogP contribution is 2.29. The summed E-state index contributed by atoms with van der Waals surface area (Å²) < 4.78 is 21.4. The van der Waals surface area contributed by atoms with E-state index in [1.807, 2.05) is 19.9 Å². The lowest BCUT2D eigenvalue weighted by molar-refractivity contribution is -0.675. The highest BCUT2D eigenvalue weighted by molar-refractivity contribution is 5.80. The number of hydrogen-bond acceptors (Lipinski definition) is 2. The minimum Gasteiger partial charge on any atom is -0.401 e. The number of rotatable bonds is 4. The van der Waals surface area contributed by atoms with Crippen LogP contribution in [0.15, 0.2) is 36.5 Å². The molecule has 2 rings (SSSR count). The van der Waals surface area contributed by atoms with Crippen molar-refractivity contribution in [1.82, 2.24) is 0 Å². The maximum atomic E-state index is 14.2. The van der Waals surface area contributed by atoms with Crippen LogP contribution in [0.5, 0.6) is 11.6 Å². The van der Waals surface area contributed by atoms with Crippen LogP contribution in [-0.2, 0) is 7.05 Å². The predicted molar refractivity (Wildman–Crippen MR) is 73.6 cm³/mol. The average molecular weight is 274 g/mol. The fourth-order valence-corrected chi connectivity index (χ4v) is 1.88. The smallest absolute Gasteiger partial charge is 0.373 e. The van der Waals surface area contributed by atoms with Gasteiger partial charge in [-0.15, -0.1) is 0 Å². The fraction of sp³-hybridized carbons (Fsp3) is 0.250. The Balaban J connectivity index is 2.46. The van der Waals surface area contributed by atoms with Gasteiger partial charge in [-0.25, -0.2) is 4.39 Å². The normalized spacial score (nSPS) is 10.7. The lowest BCUT2D eigenvalue weighted by atomic mass is 10.0. The number of aldehydes is 1. The lowest BCUT2D eigenvalue weighted by Crippen LogP contribution is -2.29. The van der Waals surface area contributed by atoms with Crippen LogP contribution in [0, 0.1) is 5.82 Å². The van der Waals surface area contributed by atoms with Crippen molar-refractivity contribution in [3.63, 3.8) is 0 Å². The summed E-state index contributed by atoms with van der Waals surface area (Å²) in [5.74, 6) is 0.0465. The van der Waals surface area contributed by atoms with Gasteiger partial charge >= 0.3 is 5.88 Å². The van der Waals surface area contributed by atoms with Crippen molar-refractivity contribution in [2.75, 3.05) is 0 Å². The minimum atomic E-state index is -0.526. The monoisotopic (exact) mass is 274 g/mol. The van der Waals surface area contributed by atoms with E-state index in [4.69, 9.17) is 4.74 Å². The molecule has 0 aliphatic rings. The summed E-state index contributed by atoms with van der Waals surface area (Å²) in [7, 11) is 1.79. The highest BCUT2D eigenvalue weighted by atomic mass is 19.1. The van der Waals surface area contributed by atoms with Crippen molar-refractivity contribution in [3.8, 4) is 11.6 Å². The summed E-state index contributed by atoms with van der Waals surface area (Å²) in [5.41, 5.74) is 0.993. The Morgan fingerprint density at radius 2 is 2.05 bits per heavy atom. The molecule has 0 aliphatic carbocycles. The molecule has 3 nitrogen and oxygen atoms in total. The van der Waals surface area contributed by atoms with Gasteiger partial charge in [0.1, 0.15) is 7.05 Å². The zero-order valence-corrected chi connectivity index (χ0v) is 11.8. The van der Waals surface area contributed by atoms with Crippen molar-refractivity contribution in [1.29, 1.82) is 0 Å². The third-order valence-corrected chi connectivity index (χ3v) is 3.10. The number of aromatic nitrogens is 1. The van der Waals surface area contributed by atoms with E-state index in [0.29, 0.717) is 12.2 Å². The van der Waals surface area contributed by atoms with E-state index in [9.17, 15) is 9.18 Å². The summed E-state index contributed by atoms with van der Waals surface area (Å²) in [6.07, 6.45) is 2.41. The van der Waals surface area contributed by atoms with Crippen LogP contribution in [-0.4, -0.2) is 6.29 Å². The van der Waals surface area contributed by atoms with Gasteiger partial charge in [0, 0.05) is 6.07 Å². The van der Waals surface area contributed by atoms with E-state index in [1.165, 1.54) is 6.07 Å². The van der Waals surface area contributed by atoms with Crippen LogP contribution >= 0.6 is 0 Å². The molecule has 0 radical (unpaired) electrons. The van der Waals surface area contributed by atoms with Crippen molar-refractivity contribution < 1.29 is 18.5 Å². The Morgan fingerprint density at radius 1 is 1.30 bits per heavy atom. The lowest BCUT2D eigenvalue weighted by Gasteiger charge is -2.11. The summed E-state index contributed by atoms with van der Waals surface area (Å²) in [4.78, 5) is 11.2. The fourth-order valence-electron chi connectivity index (χ4n) is 1.88. The molecule has 0 spiro atoms. The summed E-state index contributed by atoms with van der Waals surface area (Å²) in [6.45, 7) is 3.89. The predicted octanol–water partition coefficient (Wildman–Crippen LogP) is 3.38. The van der Waals surface area contributed by atoms with Crippen LogP contribution in [0.2, 0.25) is 0 Å². The molecule has 0 saturated carbocycles. The maximum absolute atomic E-state index is 14.2. The number of carbonyl (C=O) groups excluding carboxylic acids is 1. The number of nitrogens with zero attached hydrogens (tertiary/aromatic N) is 1. The molecule has 2 aromatic rings. The third kappa shape index (κ3) is 2.85. The van der Waals surface area contributed by atoms with Crippen molar-refractivity contribution in [2.24, 2.45) is 7.05 Å². The van der Waals surface area contributed by atoms with Crippen molar-refractivity contribution in [3.05, 3.63) is 53.5 Å². The summed E-state index contributed by atoms with van der Waals surface area (Å²) in [5, 5.41) is 0. The first-order valence-corrected chi connectivity index (χ1v) is 6.44. The number of benzene rings is 1. The van der Waals surface area contributed by atoms with Gasteiger partial charge in [-0.2, -0.15) is 4.57 Å². The van der Waals surface area contributed by atoms with Crippen LogP contribution < -0.4 is 9.30 Å². The molecule has 0 saturated heterocycles. The molecule has 0 aliphatic heterocycles. The van der Waals surface area contributed by atoms with Crippen LogP contribution in [0.4, 0.5) is 4.39 Å². The van der Waals surface area contributed by atoms with Gasteiger partial charge in [0.2, 0.25) is 0 Å². The molecular weight excluding hydrogens is 257 g/mol. The van der Waals surface area contributed by atoms with Gasteiger partial charge in [-0.1, -0.05) is 13.8 Å². The Hall–Kier alpha value is -2.23. The third-order valence-electron chi connectivity index (χ3n) is 3.10. The summed E-state index contributed by atoms with van der Waals surface area (Å²) >= 11 is 0. The molecular formula is C16H17FNO2+. The Labute approximate surface area is 117 Å².